The maximum absolute atomic E-state index is 13.8. The lowest BCUT2D eigenvalue weighted by Gasteiger charge is -2.37. The van der Waals surface area contributed by atoms with Gasteiger partial charge in [0.15, 0.2) is 6.10 Å². The van der Waals surface area contributed by atoms with E-state index >= 15 is 0 Å². The van der Waals surface area contributed by atoms with E-state index in [1.807, 2.05) is 4.74 Å². The molecule has 5 nitrogen and oxygen atoms in total. The van der Waals surface area contributed by atoms with E-state index in [-0.39, 0.29) is 20.8 Å². The summed E-state index contributed by atoms with van der Waals surface area (Å²) in [5.74, 6) is -7.14. The van der Waals surface area contributed by atoms with Gasteiger partial charge in [0, 0.05) is 0 Å². The van der Waals surface area contributed by atoms with Crippen molar-refractivity contribution in [2.75, 3.05) is 7.11 Å². The van der Waals surface area contributed by atoms with Crippen molar-refractivity contribution in [3.8, 4) is 0 Å². The highest BCUT2D eigenvalue weighted by atomic mass is 19.4. The van der Waals surface area contributed by atoms with Gasteiger partial charge >= 0.3 is 36.6 Å². The Bertz CT molecular complexity index is 559. The second-order valence-electron chi connectivity index (χ2n) is 5.58. The summed E-state index contributed by atoms with van der Waals surface area (Å²) in [7, 11) is 0.458. The molecule has 0 rings (SSSR count). The molecular formula is C12H13F11O5. The smallest absolute Gasteiger partial charge is 0.464 e. The van der Waals surface area contributed by atoms with Gasteiger partial charge in [-0.05, 0) is 20.8 Å². The molecule has 0 aliphatic heterocycles. The van der Waals surface area contributed by atoms with Crippen LogP contribution in [0, 0.1) is 0 Å². The van der Waals surface area contributed by atoms with Crippen LogP contribution in [0.5, 0.6) is 0 Å². The third-order valence-electron chi connectivity index (χ3n) is 2.97. The van der Waals surface area contributed by atoms with Crippen LogP contribution in [0.2, 0.25) is 0 Å². The van der Waals surface area contributed by atoms with Gasteiger partial charge in [0.05, 0.1) is 7.11 Å². The number of hydrogen-bond donors (Lipinski definition) is 0. The average molecular weight is 446 g/mol. The highest BCUT2D eigenvalue weighted by molar-refractivity contribution is 5.79. The molecule has 0 radical (unpaired) electrons. The van der Waals surface area contributed by atoms with Gasteiger partial charge in [0.2, 0.25) is 0 Å². The lowest BCUT2D eigenvalue weighted by Crippen LogP contribution is -2.58. The van der Waals surface area contributed by atoms with Crippen LogP contribution >= 0.6 is 0 Å². The largest absolute Gasteiger partial charge is 0.527 e. The molecule has 168 valence electrons. The van der Waals surface area contributed by atoms with Gasteiger partial charge in [0.1, 0.15) is 5.60 Å². The first-order chi connectivity index (χ1) is 12.0. The number of carbonyl (C=O) groups excluding carboxylic acids is 1. The monoisotopic (exact) mass is 446 g/mol. The molecule has 1 atom stereocenters. The summed E-state index contributed by atoms with van der Waals surface area (Å²) in [4.78, 5) is 11.0. The second kappa shape index (κ2) is 7.78. The van der Waals surface area contributed by atoms with Crippen LogP contribution in [0.1, 0.15) is 20.8 Å². The number of methoxy groups -OCH3 is 1. The molecule has 0 bridgehead atoms. The first-order valence-corrected chi connectivity index (χ1v) is 6.77. The van der Waals surface area contributed by atoms with E-state index in [2.05, 4.69) is 14.2 Å². The van der Waals surface area contributed by atoms with E-state index in [9.17, 15) is 53.1 Å². The first-order valence-electron chi connectivity index (χ1n) is 6.77. The minimum absolute atomic E-state index is 0.0933. The van der Waals surface area contributed by atoms with E-state index in [0.717, 1.165) is 0 Å². The topological polar surface area (TPSA) is 54.0 Å². The van der Waals surface area contributed by atoms with Gasteiger partial charge in [-0.2, -0.15) is 35.1 Å². The predicted octanol–water partition coefficient (Wildman–Crippen LogP) is 4.31. The minimum Gasteiger partial charge on any atom is -0.464 e. The highest BCUT2D eigenvalue weighted by Crippen LogP contribution is 2.44. The summed E-state index contributed by atoms with van der Waals surface area (Å²) in [6, 6.07) is 0. The number of halogens is 11. The fraction of sp³-hybridized carbons (Fsp3) is 0.917. The van der Waals surface area contributed by atoms with Gasteiger partial charge in [0.25, 0.3) is 0 Å². The molecule has 0 fully saturated rings. The molecule has 0 aromatic rings. The Morgan fingerprint density at radius 3 is 1.57 bits per heavy atom. The molecule has 1 unspecified atom stereocenters. The summed E-state index contributed by atoms with van der Waals surface area (Å²) >= 11 is 0. The van der Waals surface area contributed by atoms with Gasteiger partial charge in [-0.1, -0.05) is 0 Å². The summed E-state index contributed by atoms with van der Waals surface area (Å²) in [5, 5.41) is 0. The zero-order valence-electron chi connectivity index (χ0n) is 14.3. The maximum atomic E-state index is 13.8. The van der Waals surface area contributed by atoms with E-state index in [1.165, 1.54) is 0 Å². The van der Waals surface area contributed by atoms with Crippen molar-refractivity contribution in [1.82, 2.24) is 0 Å². The first kappa shape index (κ1) is 26.6. The Kier molecular flexibility index (Phi) is 7.38. The SMILES string of the molecule is COC(=O)C(F)(F)C(C)(C)OC(F)(F)C(C)OC(F)(F)C(F)(F)OC(F)(F)F. The zero-order valence-corrected chi connectivity index (χ0v) is 14.3. The maximum Gasteiger partial charge on any atom is 0.527 e. The molecule has 0 spiro atoms. The van der Waals surface area contributed by atoms with Crippen LogP contribution in [-0.2, 0) is 23.7 Å². The third kappa shape index (κ3) is 6.04. The molecule has 0 N–H and O–H groups in total. The van der Waals surface area contributed by atoms with Gasteiger partial charge in [-0.15, -0.1) is 13.2 Å². The Hall–Kier alpha value is -1.42. The Labute approximate surface area is 149 Å². The van der Waals surface area contributed by atoms with Gasteiger partial charge in [-0.25, -0.2) is 9.53 Å². The standard InChI is InChI=1S/C12H13F11O5/c1-5(26-10(17,18)11(19,20)28-12(21,22)23)9(15,16)27-7(2,3)8(13,14)6(24)25-4/h5H,1-4H3. The van der Waals surface area contributed by atoms with Crippen LogP contribution in [0.25, 0.3) is 0 Å². The quantitative estimate of drug-likeness (QED) is 0.391. The van der Waals surface area contributed by atoms with Crippen molar-refractivity contribution in [2.45, 2.75) is 63.1 Å². The van der Waals surface area contributed by atoms with E-state index in [0.29, 0.717) is 7.11 Å². The molecule has 0 aliphatic carbocycles. The summed E-state index contributed by atoms with van der Waals surface area (Å²) in [5.41, 5.74) is -3.46. The number of alkyl halides is 11. The van der Waals surface area contributed by atoms with Crippen LogP contribution < -0.4 is 0 Å². The van der Waals surface area contributed by atoms with Crippen LogP contribution in [-0.4, -0.2) is 55.4 Å². The van der Waals surface area contributed by atoms with Crippen molar-refractivity contribution in [1.29, 1.82) is 0 Å². The van der Waals surface area contributed by atoms with E-state index in [1.54, 1.807) is 0 Å². The molecule has 0 heterocycles. The molecular weight excluding hydrogens is 433 g/mol. The third-order valence-corrected chi connectivity index (χ3v) is 2.97. The highest BCUT2D eigenvalue weighted by Gasteiger charge is 2.67. The van der Waals surface area contributed by atoms with E-state index < -0.39 is 48.3 Å². The number of ether oxygens (including phenoxy) is 4. The number of hydrogen-bond acceptors (Lipinski definition) is 5. The van der Waals surface area contributed by atoms with Crippen molar-refractivity contribution in [2.24, 2.45) is 0 Å². The van der Waals surface area contributed by atoms with Crippen LogP contribution in [0.4, 0.5) is 48.3 Å². The fourth-order valence-electron chi connectivity index (χ4n) is 1.43. The predicted molar refractivity (Wildman–Crippen MR) is 64.7 cm³/mol. The Morgan fingerprint density at radius 2 is 1.21 bits per heavy atom. The molecule has 0 saturated carbocycles. The van der Waals surface area contributed by atoms with Crippen LogP contribution in [0.3, 0.4) is 0 Å². The molecule has 28 heavy (non-hydrogen) atoms. The number of rotatable bonds is 9. The summed E-state index contributed by atoms with van der Waals surface area (Å²) in [6.07, 6.45) is -27.8. The normalized spacial score (nSPS) is 16.1. The Balaban J connectivity index is 5.52. The van der Waals surface area contributed by atoms with Crippen LogP contribution in [0.15, 0.2) is 0 Å². The van der Waals surface area contributed by atoms with Gasteiger partial charge in [-0.3, -0.25) is 0 Å². The lowest BCUT2D eigenvalue weighted by molar-refractivity contribution is -0.516. The van der Waals surface area contributed by atoms with Crippen molar-refractivity contribution in [3.63, 3.8) is 0 Å². The second-order valence-corrected chi connectivity index (χ2v) is 5.58. The molecule has 0 aromatic heterocycles. The molecule has 0 amide bonds. The van der Waals surface area contributed by atoms with Gasteiger partial charge < -0.3 is 14.2 Å². The van der Waals surface area contributed by atoms with Crippen molar-refractivity contribution >= 4 is 5.97 Å². The van der Waals surface area contributed by atoms with Crippen molar-refractivity contribution in [3.05, 3.63) is 0 Å². The summed E-state index contributed by atoms with van der Waals surface area (Å²) in [6.45, 7) is 0.304. The van der Waals surface area contributed by atoms with Crippen molar-refractivity contribution < 1.29 is 72.0 Å². The molecule has 0 aliphatic rings. The minimum atomic E-state index is -6.46. The zero-order chi connectivity index (χ0) is 23.0. The number of carbonyl (C=O) groups is 1. The van der Waals surface area contributed by atoms with E-state index in [4.69, 9.17) is 0 Å². The fourth-order valence-corrected chi connectivity index (χ4v) is 1.43. The summed E-state index contributed by atoms with van der Waals surface area (Å²) < 4.78 is 154. The average Bonchev–Trinajstić information content (AvgIpc) is 2.41. The molecule has 0 aromatic carbocycles. The Morgan fingerprint density at radius 1 is 0.786 bits per heavy atom. The molecule has 0 saturated heterocycles. The number of esters is 1. The lowest BCUT2D eigenvalue weighted by atomic mass is 10.00. The molecule has 16 heteroatoms.